The molecule has 0 saturated carbocycles. The number of hydrogen-bond acceptors (Lipinski definition) is 2. The maximum Gasteiger partial charge on any atom is 0.253 e. The second-order valence-corrected chi connectivity index (χ2v) is 2.90. The van der Waals surface area contributed by atoms with Crippen LogP contribution in [0.15, 0.2) is 48.7 Å². The molecule has 0 saturated heterocycles. The monoisotopic (exact) mass is 182 g/mol. The highest BCUT2D eigenvalue weighted by Crippen LogP contribution is 2.16. The Balaban J connectivity index is 2.39. The largest absolute Gasteiger partial charge is 0.283 e. The van der Waals surface area contributed by atoms with E-state index in [1.165, 1.54) is 0 Å². The molecular formula is C12H8NO. The zero-order valence-electron chi connectivity index (χ0n) is 7.47. The third-order valence-electron chi connectivity index (χ3n) is 1.98. The van der Waals surface area contributed by atoms with E-state index >= 15 is 0 Å². The van der Waals surface area contributed by atoms with Crippen LogP contribution in [0.1, 0.15) is 5.69 Å². The van der Waals surface area contributed by atoms with Crippen molar-refractivity contribution in [3.63, 3.8) is 0 Å². The molecule has 2 rings (SSSR count). The zero-order chi connectivity index (χ0) is 9.80. The molecule has 0 unspecified atom stereocenters. The summed E-state index contributed by atoms with van der Waals surface area (Å²) in [4.78, 5) is 14.2. The molecule has 0 spiro atoms. The van der Waals surface area contributed by atoms with Crippen LogP contribution < -0.4 is 0 Å². The molecule has 0 amide bonds. The molecule has 2 heteroatoms. The van der Waals surface area contributed by atoms with Crippen molar-refractivity contribution >= 4 is 6.29 Å². The Morgan fingerprint density at radius 1 is 0.929 bits per heavy atom. The van der Waals surface area contributed by atoms with Crippen molar-refractivity contribution in [2.24, 2.45) is 0 Å². The Bertz CT molecular complexity index is 420. The molecule has 1 heterocycles. The lowest BCUT2D eigenvalue weighted by Gasteiger charge is -1.99. The molecular weight excluding hydrogens is 174 g/mol. The van der Waals surface area contributed by atoms with Crippen LogP contribution in [0.25, 0.3) is 11.1 Å². The molecule has 0 atom stereocenters. The van der Waals surface area contributed by atoms with Gasteiger partial charge in [-0.2, -0.15) is 0 Å². The zero-order valence-corrected chi connectivity index (χ0v) is 7.47. The van der Waals surface area contributed by atoms with Crippen molar-refractivity contribution in [1.29, 1.82) is 0 Å². The summed E-state index contributed by atoms with van der Waals surface area (Å²) in [5.41, 5.74) is 2.44. The van der Waals surface area contributed by atoms with Crippen LogP contribution in [0.4, 0.5) is 0 Å². The summed E-state index contributed by atoms with van der Waals surface area (Å²) in [6.07, 6.45) is 3.42. The number of pyridine rings is 1. The second kappa shape index (κ2) is 3.83. The van der Waals surface area contributed by atoms with Crippen molar-refractivity contribution < 1.29 is 4.79 Å². The fourth-order valence-corrected chi connectivity index (χ4v) is 1.26. The van der Waals surface area contributed by atoms with E-state index in [1.54, 1.807) is 18.5 Å². The quantitative estimate of drug-likeness (QED) is 0.712. The fraction of sp³-hybridized carbons (Fsp3) is 0. The topological polar surface area (TPSA) is 30.0 Å². The molecule has 0 bridgehead atoms. The lowest BCUT2D eigenvalue weighted by Crippen LogP contribution is -1.86. The maximum atomic E-state index is 10.3. The summed E-state index contributed by atoms with van der Waals surface area (Å²) in [7, 11) is 0. The Labute approximate surface area is 82.2 Å². The summed E-state index contributed by atoms with van der Waals surface area (Å²) in [5, 5.41) is 0. The molecule has 0 aliphatic carbocycles. The summed E-state index contributed by atoms with van der Waals surface area (Å²) < 4.78 is 0. The lowest BCUT2D eigenvalue weighted by molar-refractivity contribution is 0.561. The minimum absolute atomic E-state index is 0.338. The van der Waals surface area contributed by atoms with Gasteiger partial charge in [-0.1, -0.05) is 36.4 Å². The van der Waals surface area contributed by atoms with Crippen molar-refractivity contribution in [3.05, 3.63) is 54.4 Å². The predicted molar refractivity (Wildman–Crippen MR) is 54.5 cm³/mol. The van der Waals surface area contributed by atoms with Gasteiger partial charge in [0.2, 0.25) is 0 Å². The molecule has 0 fully saturated rings. The van der Waals surface area contributed by atoms with E-state index in [4.69, 9.17) is 0 Å². The molecule has 2 aromatic rings. The van der Waals surface area contributed by atoms with E-state index in [0.29, 0.717) is 5.69 Å². The normalized spacial score (nSPS) is 9.71. The van der Waals surface area contributed by atoms with Crippen LogP contribution in [0, 0.1) is 0 Å². The van der Waals surface area contributed by atoms with Gasteiger partial charge in [0.1, 0.15) is 5.69 Å². The first kappa shape index (κ1) is 8.63. The van der Waals surface area contributed by atoms with Crippen LogP contribution in [0.5, 0.6) is 0 Å². The first-order valence-corrected chi connectivity index (χ1v) is 4.30. The third kappa shape index (κ3) is 1.69. The number of benzene rings is 1. The van der Waals surface area contributed by atoms with E-state index in [1.807, 2.05) is 36.4 Å². The van der Waals surface area contributed by atoms with Gasteiger partial charge in [-0.15, -0.1) is 0 Å². The van der Waals surface area contributed by atoms with Gasteiger partial charge >= 0.3 is 0 Å². The van der Waals surface area contributed by atoms with Crippen LogP contribution in [0.2, 0.25) is 0 Å². The minimum atomic E-state index is 0.338. The van der Waals surface area contributed by atoms with Crippen LogP contribution in [0.3, 0.4) is 0 Å². The van der Waals surface area contributed by atoms with Gasteiger partial charge in [0.05, 0.1) is 0 Å². The SMILES string of the molecule is O=[C]c1ccc(-c2ccccc2)cn1. The minimum Gasteiger partial charge on any atom is -0.283 e. The summed E-state index contributed by atoms with van der Waals surface area (Å²) in [6, 6.07) is 13.4. The highest BCUT2D eigenvalue weighted by Gasteiger charge is 1.97. The number of aromatic nitrogens is 1. The van der Waals surface area contributed by atoms with E-state index in [-0.39, 0.29) is 0 Å². The number of hydrogen-bond donors (Lipinski definition) is 0. The molecule has 1 radical (unpaired) electrons. The highest BCUT2D eigenvalue weighted by molar-refractivity contribution is 5.73. The number of carbonyl (C=O) groups excluding carboxylic acids is 1. The van der Waals surface area contributed by atoms with Gasteiger partial charge in [-0.05, 0) is 11.6 Å². The highest BCUT2D eigenvalue weighted by atomic mass is 16.1. The molecule has 14 heavy (non-hydrogen) atoms. The first-order valence-electron chi connectivity index (χ1n) is 4.30. The van der Waals surface area contributed by atoms with Gasteiger partial charge in [0, 0.05) is 11.8 Å². The van der Waals surface area contributed by atoms with Crippen LogP contribution in [-0.2, 0) is 4.79 Å². The van der Waals surface area contributed by atoms with Crippen molar-refractivity contribution in [3.8, 4) is 11.1 Å². The first-order chi connectivity index (χ1) is 6.90. The van der Waals surface area contributed by atoms with Gasteiger partial charge in [0.15, 0.2) is 0 Å². The third-order valence-corrected chi connectivity index (χ3v) is 1.98. The second-order valence-electron chi connectivity index (χ2n) is 2.90. The van der Waals surface area contributed by atoms with E-state index in [0.717, 1.165) is 11.1 Å². The van der Waals surface area contributed by atoms with Crippen LogP contribution >= 0.6 is 0 Å². The summed E-state index contributed by atoms with van der Waals surface area (Å²) in [6.45, 7) is 0. The average Bonchev–Trinajstić information content (AvgIpc) is 2.30. The van der Waals surface area contributed by atoms with E-state index in [2.05, 4.69) is 4.98 Å². The van der Waals surface area contributed by atoms with Gasteiger partial charge in [0.25, 0.3) is 6.29 Å². The molecule has 1 aromatic heterocycles. The summed E-state index contributed by atoms with van der Waals surface area (Å²) >= 11 is 0. The van der Waals surface area contributed by atoms with E-state index < -0.39 is 0 Å². The van der Waals surface area contributed by atoms with Gasteiger partial charge in [-0.3, -0.25) is 9.78 Å². The average molecular weight is 182 g/mol. The molecule has 0 aliphatic rings. The standard InChI is InChI=1S/C12H8NO/c14-9-12-7-6-11(8-13-12)10-4-2-1-3-5-10/h1-8H. The Kier molecular flexibility index (Phi) is 2.36. The lowest BCUT2D eigenvalue weighted by atomic mass is 10.1. The molecule has 0 N–H and O–H groups in total. The smallest absolute Gasteiger partial charge is 0.253 e. The van der Waals surface area contributed by atoms with Crippen molar-refractivity contribution in [1.82, 2.24) is 4.98 Å². The fourth-order valence-electron chi connectivity index (χ4n) is 1.26. The van der Waals surface area contributed by atoms with Crippen molar-refractivity contribution in [2.45, 2.75) is 0 Å². The Hall–Kier alpha value is -1.96. The predicted octanol–water partition coefficient (Wildman–Crippen LogP) is 2.21. The number of rotatable bonds is 2. The van der Waals surface area contributed by atoms with Gasteiger partial charge < -0.3 is 0 Å². The van der Waals surface area contributed by atoms with E-state index in [9.17, 15) is 4.79 Å². The molecule has 1 aromatic carbocycles. The molecule has 67 valence electrons. The maximum absolute atomic E-state index is 10.3. The molecule has 2 nitrogen and oxygen atoms in total. The number of nitrogens with zero attached hydrogens (tertiary/aromatic N) is 1. The van der Waals surface area contributed by atoms with Crippen LogP contribution in [-0.4, -0.2) is 11.3 Å². The Morgan fingerprint density at radius 3 is 2.29 bits per heavy atom. The Morgan fingerprint density at radius 2 is 1.71 bits per heavy atom. The molecule has 0 aliphatic heterocycles. The van der Waals surface area contributed by atoms with Gasteiger partial charge in [-0.25, -0.2) is 0 Å². The van der Waals surface area contributed by atoms with Crippen molar-refractivity contribution in [2.75, 3.05) is 0 Å². The summed E-state index contributed by atoms with van der Waals surface area (Å²) in [5.74, 6) is 0.